The summed E-state index contributed by atoms with van der Waals surface area (Å²) in [5.41, 5.74) is 11.4. The summed E-state index contributed by atoms with van der Waals surface area (Å²) in [6.07, 6.45) is 5.13. The first kappa shape index (κ1) is 14.6. The van der Waals surface area contributed by atoms with Crippen LogP contribution in [0.15, 0.2) is 36.4 Å². The molecule has 1 aliphatic rings. The van der Waals surface area contributed by atoms with E-state index in [9.17, 15) is 4.39 Å². The molecule has 3 heteroatoms. The highest BCUT2D eigenvalue weighted by molar-refractivity contribution is 6.31. The van der Waals surface area contributed by atoms with Crippen molar-refractivity contribution in [3.63, 3.8) is 0 Å². The average molecular weight is 304 g/mol. The van der Waals surface area contributed by atoms with Crippen molar-refractivity contribution in [2.24, 2.45) is 5.73 Å². The van der Waals surface area contributed by atoms with E-state index in [2.05, 4.69) is 18.2 Å². The molecule has 0 spiro atoms. The zero-order valence-corrected chi connectivity index (χ0v) is 12.7. The molecule has 0 heterocycles. The van der Waals surface area contributed by atoms with E-state index in [0.717, 1.165) is 12.0 Å². The first-order valence-corrected chi connectivity index (χ1v) is 7.80. The standard InChI is InChI=1S/C18H19ClFN/c19-18-11-16(20)7-6-15(18)10-17(21)9-12-4-5-13-2-1-3-14(13)8-12/h4-8,11,17H,1-3,9-10,21H2. The second-order valence-electron chi connectivity index (χ2n) is 5.86. The lowest BCUT2D eigenvalue weighted by Crippen LogP contribution is -2.25. The Morgan fingerprint density at radius 3 is 2.67 bits per heavy atom. The SMILES string of the molecule is NC(Cc1ccc2c(c1)CCC2)Cc1ccc(F)cc1Cl. The van der Waals surface area contributed by atoms with Crippen LogP contribution in [0, 0.1) is 5.82 Å². The van der Waals surface area contributed by atoms with Gasteiger partial charge < -0.3 is 5.73 Å². The highest BCUT2D eigenvalue weighted by Crippen LogP contribution is 2.24. The quantitative estimate of drug-likeness (QED) is 0.905. The molecule has 2 aromatic rings. The Kier molecular flexibility index (Phi) is 4.27. The first-order chi connectivity index (χ1) is 10.1. The highest BCUT2D eigenvalue weighted by atomic mass is 35.5. The van der Waals surface area contributed by atoms with Gasteiger partial charge in [0.2, 0.25) is 0 Å². The monoisotopic (exact) mass is 303 g/mol. The van der Waals surface area contributed by atoms with E-state index < -0.39 is 0 Å². The van der Waals surface area contributed by atoms with Gasteiger partial charge in [-0.25, -0.2) is 4.39 Å². The average Bonchev–Trinajstić information content (AvgIpc) is 2.89. The molecule has 110 valence electrons. The predicted octanol–water partition coefficient (Wildman–Crippen LogP) is 4.08. The third kappa shape index (κ3) is 3.45. The van der Waals surface area contributed by atoms with E-state index >= 15 is 0 Å². The largest absolute Gasteiger partial charge is 0.327 e. The van der Waals surface area contributed by atoms with E-state index in [1.54, 1.807) is 6.07 Å². The summed E-state index contributed by atoms with van der Waals surface area (Å²) >= 11 is 6.06. The minimum Gasteiger partial charge on any atom is -0.327 e. The molecule has 0 amide bonds. The molecule has 0 saturated heterocycles. The van der Waals surface area contributed by atoms with E-state index in [-0.39, 0.29) is 11.9 Å². The van der Waals surface area contributed by atoms with Crippen LogP contribution >= 0.6 is 11.6 Å². The van der Waals surface area contributed by atoms with Crippen LogP contribution < -0.4 is 5.73 Å². The number of nitrogens with two attached hydrogens (primary N) is 1. The van der Waals surface area contributed by atoms with Gasteiger partial charge in [0.1, 0.15) is 5.82 Å². The van der Waals surface area contributed by atoms with E-state index in [1.807, 2.05) is 0 Å². The van der Waals surface area contributed by atoms with Gasteiger partial charge in [-0.1, -0.05) is 35.9 Å². The van der Waals surface area contributed by atoms with Gasteiger partial charge in [0.05, 0.1) is 0 Å². The maximum atomic E-state index is 13.0. The fourth-order valence-corrected chi connectivity index (χ4v) is 3.34. The van der Waals surface area contributed by atoms with Crippen molar-refractivity contribution in [3.8, 4) is 0 Å². The maximum absolute atomic E-state index is 13.0. The Hall–Kier alpha value is -1.38. The number of halogens is 2. The topological polar surface area (TPSA) is 26.0 Å². The molecule has 1 aliphatic carbocycles. The van der Waals surface area contributed by atoms with Gasteiger partial charge in [-0.2, -0.15) is 0 Å². The van der Waals surface area contributed by atoms with Gasteiger partial charge >= 0.3 is 0 Å². The molecular weight excluding hydrogens is 285 g/mol. The fourth-order valence-electron chi connectivity index (χ4n) is 3.10. The lowest BCUT2D eigenvalue weighted by Gasteiger charge is -2.14. The van der Waals surface area contributed by atoms with Crippen molar-refractivity contribution in [2.75, 3.05) is 0 Å². The molecule has 0 bridgehead atoms. The number of aryl methyl sites for hydroxylation is 2. The number of hydrogen-bond acceptors (Lipinski definition) is 1. The van der Waals surface area contributed by atoms with Gasteiger partial charge in [-0.15, -0.1) is 0 Å². The van der Waals surface area contributed by atoms with Gasteiger partial charge in [-0.3, -0.25) is 0 Å². The van der Waals surface area contributed by atoms with Crippen molar-refractivity contribution in [3.05, 3.63) is 69.5 Å². The summed E-state index contributed by atoms with van der Waals surface area (Å²) in [6.45, 7) is 0. The molecule has 1 atom stereocenters. The van der Waals surface area contributed by atoms with Crippen molar-refractivity contribution < 1.29 is 4.39 Å². The second-order valence-corrected chi connectivity index (χ2v) is 6.27. The first-order valence-electron chi connectivity index (χ1n) is 7.42. The Balaban J connectivity index is 1.67. The number of benzene rings is 2. The van der Waals surface area contributed by atoms with Crippen LogP contribution in [0.4, 0.5) is 4.39 Å². The van der Waals surface area contributed by atoms with Crippen LogP contribution in [0.5, 0.6) is 0 Å². The summed E-state index contributed by atoms with van der Waals surface area (Å²) < 4.78 is 13.0. The van der Waals surface area contributed by atoms with Crippen LogP contribution in [-0.2, 0) is 25.7 Å². The number of hydrogen-bond donors (Lipinski definition) is 1. The molecule has 0 radical (unpaired) electrons. The van der Waals surface area contributed by atoms with Crippen molar-refractivity contribution in [1.82, 2.24) is 0 Å². The van der Waals surface area contributed by atoms with Crippen LogP contribution in [0.1, 0.15) is 28.7 Å². The molecule has 0 aromatic heterocycles. The second kappa shape index (κ2) is 6.17. The normalized spacial score (nSPS) is 15.0. The van der Waals surface area contributed by atoms with E-state index in [1.165, 1.54) is 48.1 Å². The highest BCUT2D eigenvalue weighted by Gasteiger charge is 2.13. The van der Waals surface area contributed by atoms with Gasteiger partial charge in [0.25, 0.3) is 0 Å². The molecule has 1 nitrogen and oxygen atoms in total. The molecule has 0 saturated carbocycles. The fraction of sp³-hybridized carbons (Fsp3) is 0.333. The van der Waals surface area contributed by atoms with Crippen molar-refractivity contribution >= 4 is 11.6 Å². The molecule has 1 unspecified atom stereocenters. The zero-order chi connectivity index (χ0) is 14.8. The molecule has 3 rings (SSSR count). The van der Waals surface area contributed by atoms with Gasteiger partial charge in [-0.05, 0) is 66.5 Å². The Labute approximate surface area is 129 Å². The summed E-state index contributed by atoms with van der Waals surface area (Å²) in [4.78, 5) is 0. The lowest BCUT2D eigenvalue weighted by molar-refractivity contribution is 0.623. The van der Waals surface area contributed by atoms with E-state index in [0.29, 0.717) is 11.4 Å². The minimum atomic E-state index is -0.309. The number of rotatable bonds is 4. The summed E-state index contributed by atoms with van der Waals surface area (Å²) in [5.74, 6) is -0.309. The molecule has 0 aliphatic heterocycles. The van der Waals surface area contributed by atoms with E-state index in [4.69, 9.17) is 17.3 Å². The molecule has 21 heavy (non-hydrogen) atoms. The third-order valence-electron chi connectivity index (χ3n) is 4.16. The molecule has 0 fully saturated rings. The van der Waals surface area contributed by atoms with Gasteiger partial charge in [0.15, 0.2) is 0 Å². The Morgan fingerprint density at radius 1 is 1.05 bits per heavy atom. The summed E-state index contributed by atoms with van der Waals surface area (Å²) in [5, 5.41) is 0.458. The molecule has 2 aromatic carbocycles. The third-order valence-corrected chi connectivity index (χ3v) is 4.51. The zero-order valence-electron chi connectivity index (χ0n) is 11.9. The Morgan fingerprint density at radius 2 is 1.86 bits per heavy atom. The van der Waals surface area contributed by atoms with Crippen molar-refractivity contribution in [2.45, 2.75) is 38.1 Å². The van der Waals surface area contributed by atoms with Crippen LogP contribution in [0.2, 0.25) is 5.02 Å². The summed E-state index contributed by atoms with van der Waals surface area (Å²) in [7, 11) is 0. The smallest absolute Gasteiger partial charge is 0.124 e. The Bertz CT molecular complexity index is 654. The van der Waals surface area contributed by atoms with Crippen LogP contribution in [0.3, 0.4) is 0 Å². The molecule has 2 N–H and O–H groups in total. The molecular formula is C18H19ClFN. The maximum Gasteiger partial charge on any atom is 0.124 e. The number of fused-ring (bicyclic) bond motifs is 1. The predicted molar refractivity (Wildman–Crippen MR) is 85.3 cm³/mol. The van der Waals surface area contributed by atoms with Gasteiger partial charge in [0, 0.05) is 11.1 Å². The van der Waals surface area contributed by atoms with Crippen LogP contribution in [0.25, 0.3) is 0 Å². The minimum absolute atomic E-state index is 0.00702. The van der Waals surface area contributed by atoms with Crippen LogP contribution in [-0.4, -0.2) is 6.04 Å². The van der Waals surface area contributed by atoms with Crippen molar-refractivity contribution in [1.29, 1.82) is 0 Å². The lowest BCUT2D eigenvalue weighted by atomic mass is 9.97. The summed E-state index contributed by atoms with van der Waals surface area (Å²) in [6, 6.07) is 11.2.